The minimum Gasteiger partial charge on any atom is -0.278 e. The second-order valence-electron chi connectivity index (χ2n) is 12.8. The third-order valence-electron chi connectivity index (χ3n) is 10.1. The van der Waals surface area contributed by atoms with E-state index < -0.39 is 0 Å². The first-order chi connectivity index (χ1) is 21.6. The van der Waals surface area contributed by atoms with E-state index in [4.69, 9.17) is 9.97 Å². The minimum absolute atomic E-state index is 0.0558. The number of allylic oxidation sites excluding steroid dienone is 8. The summed E-state index contributed by atoms with van der Waals surface area (Å²) in [6.45, 7) is 4.70. The van der Waals surface area contributed by atoms with Gasteiger partial charge in [-0.2, -0.15) is 0 Å². The molecule has 0 bridgehead atoms. The van der Waals surface area contributed by atoms with E-state index in [1.165, 1.54) is 49.7 Å². The predicted octanol–water partition coefficient (Wildman–Crippen LogP) is 10.4. The summed E-state index contributed by atoms with van der Waals surface area (Å²) in [7, 11) is 0. The molecule has 2 aromatic heterocycles. The second kappa shape index (κ2) is 9.49. The number of hydrogen-bond donors (Lipinski definition) is 0. The third-order valence-corrected chi connectivity index (χ3v) is 10.1. The molecule has 0 saturated carbocycles. The lowest BCUT2D eigenvalue weighted by Gasteiger charge is -2.21. The van der Waals surface area contributed by atoms with Crippen molar-refractivity contribution in [3.05, 3.63) is 143 Å². The Balaban J connectivity index is 1.30. The van der Waals surface area contributed by atoms with Gasteiger partial charge in [0.2, 0.25) is 5.95 Å². The summed E-state index contributed by atoms with van der Waals surface area (Å²) in [6, 6.07) is 30.8. The van der Waals surface area contributed by atoms with E-state index in [-0.39, 0.29) is 5.41 Å². The van der Waals surface area contributed by atoms with Crippen LogP contribution in [0.5, 0.6) is 0 Å². The predicted molar refractivity (Wildman–Crippen MR) is 183 cm³/mol. The molecule has 0 amide bonds. The topological polar surface area (TPSA) is 30.7 Å². The molecule has 4 aromatic carbocycles. The van der Waals surface area contributed by atoms with Crippen LogP contribution in [0, 0.1) is 0 Å². The van der Waals surface area contributed by atoms with Crippen molar-refractivity contribution in [1.29, 1.82) is 0 Å². The van der Waals surface area contributed by atoms with Crippen molar-refractivity contribution in [1.82, 2.24) is 14.5 Å². The molecule has 3 aliphatic carbocycles. The van der Waals surface area contributed by atoms with Crippen LogP contribution < -0.4 is 0 Å². The van der Waals surface area contributed by atoms with Crippen LogP contribution >= 0.6 is 0 Å². The average Bonchev–Trinajstić information content (AvgIpc) is 3.53. The summed E-state index contributed by atoms with van der Waals surface area (Å²) in [5, 5.41) is 3.63. The first-order valence-corrected chi connectivity index (χ1v) is 15.8. The van der Waals surface area contributed by atoms with E-state index in [1.54, 1.807) is 0 Å². The van der Waals surface area contributed by atoms with Gasteiger partial charge in [0.05, 0.1) is 22.2 Å². The SMILES string of the molecule is CC1(C)c2ccccc2-c2c1ccc1c2c2ccccc2n1-c1nc(C2=CC=C(C3=CC=CCC3)CC2)c2ccccc2n1. The Morgan fingerprint density at radius 3 is 2.23 bits per heavy atom. The molecule has 3 nitrogen and oxygen atoms in total. The number of fused-ring (bicyclic) bond motifs is 8. The highest BCUT2D eigenvalue weighted by Crippen LogP contribution is 2.53. The van der Waals surface area contributed by atoms with Crippen LogP contribution in [0.4, 0.5) is 0 Å². The van der Waals surface area contributed by atoms with Crippen LogP contribution in [0.15, 0.2) is 126 Å². The summed E-state index contributed by atoms with van der Waals surface area (Å²) >= 11 is 0. The monoisotopic (exact) mass is 567 g/mol. The molecule has 0 spiro atoms. The van der Waals surface area contributed by atoms with E-state index in [0.29, 0.717) is 0 Å². The molecule has 0 radical (unpaired) electrons. The third kappa shape index (κ3) is 3.62. The Kier molecular flexibility index (Phi) is 5.49. The van der Waals surface area contributed by atoms with E-state index >= 15 is 0 Å². The summed E-state index contributed by atoms with van der Waals surface area (Å²) in [5.74, 6) is 0.728. The van der Waals surface area contributed by atoms with Crippen LogP contribution in [0.1, 0.15) is 56.4 Å². The van der Waals surface area contributed by atoms with Crippen LogP contribution in [-0.4, -0.2) is 14.5 Å². The Hall–Kier alpha value is -5.02. The Labute approximate surface area is 257 Å². The Morgan fingerprint density at radius 2 is 1.39 bits per heavy atom. The molecule has 212 valence electrons. The minimum atomic E-state index is -0.0558. The molecule has 3 heteroatoms. The maximum atomic E-state index is 5.40. The fraction of sp³-hybridized carbons (Fsp3) is 0.171. The number of hydrogen-bond acceptors (Lipinski definition) is 2. The molecule has 2 heterocycles. The lowest BCUT2D eigenvalue weighted by atomic mass is 9.82. The first-order valence-electron chi connectivity index (χ1n) is 15.8. The molecule has 0 atom stereocenters. The average molecular weight is 568 g/mol. The van der Waals surface area contributed by atoms with Crippen molar-refractivity contribution in [3.63, 3.8) is 0 Å². The first kappa shape index (κ1) is 25.5. The molecule has 0 N–H and O–H groups in total. The van der Waals surface area contributed by atoms with Gasteiger partial charge in [-0.15, -0.1) is 0 Å². The van der Waals surface area contributed by atoms with Gasteiger partial charge < -0.3 is 0 Å². The molecular formula is C41H33N3. The van der Waals surface area contributed by atoms with Gasteiger partial charge in [-0.3, -0.25) is 4.57 Å². The van der Waals surface area contributed by atoms with Gasteiger partial charge in [0.1, 0.15) is 0 Å². The zero-order valence-electron chi connectivity index (χ0n) is 25.1. The Morgan fingerprint density at radius 1 is 0.636 bits per heavy atom. The molecule has 44 heavy (non-hydrogen) atoms. The van der Waals surface area contributed by atoms with E-state index in [2.05, 4.69) is 134 Å². The lowest BCUT2D eigenvalue weighted by Crippen LogP contribution is -2.14. The smallest absolute Gasteiger partial charge is 0.235 e. The molecule has 0 aliphatic heterocycles. The lowest BCUT2D eigenvalue weighted by molar-refractivity contribution is 0.661. The summed E-state index contributed by atoms with van der Waals surface area (Å²) in [5.41, 5.74) is 13.9. The highest BCUT2D eigenvalue weighted by molar-refractivity contribution is 6.17. The second-order valence-corrected chi connectivity index (χ2v) is 12.8. The van der Waals surface area contributed by atoms with Crippen LogP contribution in [0.3, 0.4) is 0 Å². The molecule has 9 rings (SSSR count). The standard InChI is InChI=1S/C41H33N3/c1-41(2)32-17-9-6-14-29(32)37-33(41)24-25-36-38(37)31-16-8-11-19-35(31)44(36)40-42-34-18-10-7-15-30(34)39(43-40)28-22-20-27(21-23-28)26-12-4-3-5-13-26/h3-4,6-12,14-20,22,24-25H,5,13,21,23H2,1-2H3. The zero-order chi connectivity index (χ0) is 29.4. The highest BCUT2D eigenvalue weighted by Gasteiger charge is 2.37. The van der Waals surface area contributed by atoms with Gasteiger partial charge >= 0.3 is 0 Å². The summed E-state index contributed by atoms with van der Waals surface area (Å²) < 4.78 is 2.29. The van der Waals surface area contributed by atoms with Crippen molar-refractivity contribution < 1.29 is 0 Å². The molecule has 0 fully saturated rings. The molecular weight excluding hydrogens is 534 g/mol. The number of aromatic nitrogens is 3. The maximum Gasteiger partial charge on any atom is 0.235 e. The number of para-hydroxylation sites is 2. The maximum absolute atomic E-state index is 5.40. The molecule has 3 aliphatic rings. The fourth-order valence-electron chi connectivity index (χ4n) is 7.85. The largest absolute Gasteiger partial charge is 0.278 e. The summed E-state index contributed by atoms with van der Waals surface area (Å²) in [6.07, 6.45) is 15.6. The normalized spacial score (nSPS) is 17.0. The fourth-order valence-corrected chi connectivity index (χ4v) is 7.85. The van der Waals surface area contributed by atoms with Crippen LogP contribution in [0.25, 0.3) is 55.4 Å². The summed E-state index contributed by atoms with van der Waals surface area (Å²) in [4.78, 5) is 10.6. The molecule has 6 aromatic rings. The Bertz CT molecular complexity index is 2300. The van der Waals surface area contributed by atoms with Crippen molar-refractivity contribution in [3.8, 4) is 17.1 Å². The van der Waals surface area contributed by atoms with Crippen molar-refractivity contribution in [2.24, 2.45) is 0 Å². The zero-order valence-corrected chi connectivity index (χ0v) is 25.1. The van der Waals surface area contributed by atoms with Gasteiger partial charge in [-0.05, 0) is 82.9 Å². The van der Waals surface area contributed by atoms with Gasteiger partial charge in [0.25, 0.3) is 0 Å². The number of nitrogens with zero attached hydrogens (tertiary/aromatic N) is 3. The van der Waals surface area contributed by atoms with Gasteiger partial charge in [-0.25, -0.2) is 9.97 Å². The quantitative estimate of drug-likeness (QED) is 0.213. The number of benzene rings is 4. The van der Waals surface area contributed by atoms with Crippen LogP contribution in [0.2, 0.25) is 0 Å². The van der Waals surface area contributed by atoms with E-state index in [1.807, 2.05) is 0 Å². The van der Waals surface area contributed by atoms with Gasteiger partial charge in [-0.1, -0.05) is 111 Å². The van der Waals surface area contributed by atoms with Crippen LogP contribution in [-0.2, 0) is 5.41 Å². The molecule has 0 unspecified atom stereocenters. The van der Waals surface area contributed by atoms with Gasteiger partial charge in [0, 0.05) is 21.6 Å². The highest BCUT2D eigenvalue weighted by atomic mass is 15.2. The molecule has 0 saturated heterocycles. The van der Waals surface area contributed by atoms with E-state index in [9.17, 15) is 0 Å². The van der Waals surface area contributed by atoms with Crippen molar-refractivity contribution >= 4 is 38.3 Å². The van der Waals surface area contributed by atoms with Crippen molar-refractivity contribution in [2.45, 2.75) is 44.9 Å². The van der Waals surface area contributed by atoms with E-state index in [0.717, 1.165) is 59.3 Å². The van der Waals surface area contributed by atoms with Crippen molar-refractivity contribution in [2.75, 3.05) is 0 Å². The number of rotatable bonds is 3. The van der Waals surface area contributed by atoms with Gasteiger partial charge in [0.15, 0.2) is 0 Å².